The summed E-state index contributed by atoms with van der Waals surface area (Å²) in [6.07, 6.45) is -0.180. The third-order valence-corrected chi connectivity index (χ3v) is 9.02. The molecule has 1 aliphatic heterocycles. The predicted molar refractivity (Wildman–Crippen MR) is 106 cm³/mol. The van der Waals surface area contributed by atoms with Gasteiger partial charge in [-0.1, -0.05) is 20.4 Å². The summed E-state index contributed by atoms with van der Waals surface area (Å²) in [6.45, 7) is 9.75. The van der Waals surface area contributed by atoms with Gasteiger partial charge in [-0.15, -0.1) is 11.3 Å². The Bertz CT molecular complexity index is 880. The Kier molecular flexibility index (Phi) is 3.70. The second kappa shape index (κ2) is 5.58. The molecule has 0 aromatic carbocycles. The third kappa shape index (κ3) is 2.00. The van der Waals surface area contributed by atoms with Crippen LogP contribution in [0.1, 0.15) is 50.1 Å². The number of hydrogen-bond donors (Lipinski definition) is 3. The van der Waals surface area contributed by atoms with Gasteiger partial charge in [-0.25, -0.2) is 4.98 Å². The van der Waals surface area contributed by atoms with Gasteiger partial charge < -0.3 is 20.7 Å². The van der Waals surface area contributed by atoms with E-state index in [0.717, 1.165) is 29.8 Å². The number of carbonyl (C=O) groups excluding carboxylic acids is 1. The molecule has 28 heavy (non-hydrogen) atoms. The molecular formula is C21H28N2O4S. The standard InChI is InChI=1S/C21H28N2O4S/c1-8-10-5-6-11-13-14(20(3,4)7-12-15(13)23-19(22)28-12)16(25)17(26)21(11,9(2)24)18(10)27-8/h10-11,13-14,16-18,25-26H,1,5-7H2,2-4H3,(H2,22,23). The number of rotatable bonds is 1. The van der Waals surface area contributed by atoms with Gasteiger partial charge in [0.05, 0.1) is 35.0 Å². The molecule has 4 N–H and O–H groups in total. The second-order valence-electron chi connectivity index (χ2n) is 9.80. The number of anilines is 1. The fraction of sp³-hybridized carbons (Fsp3) is 0.714. The summed E-state index contributed by atoms with van der Waals surface area (Å²) in [5, 5.41) is 23.3. The number of Topliss-reactive ketones (excluding diaryl/α,β-unsaturated/α-hetero) is 1. The molecule has 8 unspecified atom stereocenters. The highest BCUT2D eigenvalue weighted by Gasteiger charge is 2.73. The molecule has 1 saturated heterocycles. The van der Waals surface area contributed by atoms with E-state index in [0.29, 0.717) is 10.9 Å². The van der Waals surface area contributed by atoms with Crippen LogP contribution in [0.15, 0.2) is 12.3 Å². The summed E-state index contributed by atoms with van der Waals surface area (Å²) in [4.78, 5) is 18.9. The average Bonchev–Trinajstić information content (AvgIpc) is 2.95. The van der Waals surface area contributed by atoms with Crippen molar-refractivity contribution in [3.8, 4) is 0 Å². The molecule has 6 nitrogen and oxygen atoms in total. The van der Waals surface area contributed by atoms with Gasteiger partial charge >= 0.3 is 0 Å². The maximum atomic E-state index is 13.1. The van der Waals surface area contributed by atoms with Gasteiger partial charge in [0.1, 0.15) is 11.9 Å². The van der Waals surface area contributed by atoms with Crippen LogP contribution in [0.2, 0.25) is 0 Å². The molecule has 0 bridgehead atoms. The van der Waals surface area contributed by atoms with Crippen molar-refractivity contribution in [3.05, 3.63) is 22.9 Å². The summed E-state index contributed by atoms with van der Waals surface area (Å²) < 4.78 is 5.89. The molecule has 0 spiro atoms. The molecule has 5 rings (SSSR count). The number of nitrogens with zero attached hydrogens (tertiary/aromatic N) is 1. The zero-order chi connectivity index (χ0) is 20.2. The summed E-state index contributed by atoms with van der Waals surface area (Å²) in [7, 11) is 0. The monoisotopic (exact) mass is 404 g/mol. The van der Waals surface area contributed by atoms with Crippen LogP contribution in [-0.4, -0.2) is 39.3 Å². The first-order chi connectivity index (χ1) is 13.1. The molecule has 152 valence electrons. The topological polar surface area (TPSA) is 106 Å². The Morgan fingerprint density at radius 1 is 1.36 bits per heavy atom. The van der Waals surface area contributed by atoms with Crippen molar-refractivity contribution in [1.82, 2.24) is 4.98 Å². The molecule has 1 aromatic heterocycles. The van der Waals surface area contributed by atoms with Gasteiger partial charge in [0, 0.05) is 16.7 Å². The summed E-state index contributed by atoms with van der Waals surface area (Å²) >= 11 is 1.50. The molecule has 7 heteroatoms. The summed E-state index contributed by atoms with van der Waals surface area (Å²) in [6, 6.07) is 0. The zero-order valence-corrected chi connectivity index (χ0v) is 17.3. The van der Waals surface area contributed by atoms with Crippen molar-refractivity contribution in [2.75, 3.05) is 5.73 Å². The molecule has 2 heterocycles. The molecule has 0 amide bonds. The molecule has 4 aliphatic rings. The Morgan fingerprint density at radius 2 is 2.07 bits per heavy atom. The third-order valence-electron chi connectivity index (χ3n) is 8.12. The van der Waals surface area contributed by atoms with E-state index < -0.39 is 23.7 Å². The first-order valence-corrected chi connectivity index (χ1v) is 10.9. The van der Waals surface area contributed by atoms with Gasteiger partial charge in [-0.3, -0.25) is 4.79 Å². The minimum atomic E-state index is -1.16. The number of thiazole rings is 1. The number of carbonyl (C=O) groups is 1. The molecule has 8 atom stereocenters. The predicted octanol–water partition coefficient (Wildman–Crippen LogP) is 2.26. The molecule has 0 radical (unpaired) electrons. The number of nitrogens with two attached hydrogens (primary N) is 1. The van der Waals surface area contributed by atoms with E-state index in [1.165, 1.54) is 18.3 Å². The lowest BCUT2D eigenvalue weighted by atomic mass is 9.42. The maximum absolute atomic E-state index is 13.1. The number of aromatic nitrogens is 1. The molecule has 3 aliphatic carbocycles. The lowest BCUT2D eigenvalue weighted by Gasteiger charge is -2.66. The van der Waals surface area contributed by atoms with Crippen LogP contribution in [0.3, 0.4) is 0 Å². The van der Waals surface area contributed by atoms with Gasteiger partial charge in [0.2, 0.25) is 0 Å². The van der Waals surface area contributed by atoms with Crippen LogP contribution in [-0.2, 0) is 16.0 Å². The fourth-order valence-electron chi connectivity index (χ4n) is 7.07. The zero-order valence-electron chi connectivity index (χ0n) is 16.5. The van der Waals surface area contributed by atoms with Crippen LogP contribution in [0.25, 0.3) is 0 Å². The lowest BCUT2D eigenvalue weighted by Crippen LogP contribution is -2.73. The van der Waals surface area contributed by atoms with Crippen LogP contribution in [0, 0.1) is 28.6 Å². The minimum absolute atomic E-state index is 0.0649. The Balaban J connectivity index is 1.73. The summed E-state index contributed by atoms with van der Waals surface area (Å²) in [5.41, 5.74) is 5.62. The van der Waals surface area contributed by atoms with Gasteiger partial charge in [-0.05, 0) is 37.5 Å². The smallest absolute Gasteiger partial charge is 0.180 e. The van der Waals surface area contributed by atoms with Crippen molar-refractivity contribution in [2.45, 2.75) is 64.3 Å². The highest BCUT2D eigenvalue weighted by atomic mass is 32.1. The van der Waals surface area contributed by atoms with Gasteiger partial charge in [-0.2, -0.15) is 0 Å². The normalized spacial score (nSPS) is 45.6. The lowest BCUT2D eigenvalue weighted by molar-refractivity contribution is -0.261. The first kappa shape index (κ1) is 18.6. The van der Waals surface area contributed by atoms with E-state index >= 15 is 0 Å². The quantitative estimate of drug-likeness (QED) is 0.663. The number of aliphatic hydroxyl groups is 2. The number of fused-ring (bicyclic) bond motifs is 7. The Morgan fingerprint density at radius 3 is 2.71 bits per heavy atom. The van der Waals surface area contributed by atoms with E-state index in [1.807, 2.05) is 0 Å². The number of ketones is 1. The summed E-state index contributed by atoms with van der Waals surface area (Å²) in [5.74, 6) is 0.202. The maximum Gasteiger partial charge on any atom is 0.180 e. The number of aliphatic hydroxyl groups excluding tert-OH is 2. The van der Waals surface area contributed by atoms with E-state index in [2.05, 4.69) is 25.4 Å². The van der Waals surface area contributed by atoms with E-state index in [1.54, 1.807) is 0 Å². The van der Waals surface area contributed by atoms with Gasteiger partial charge in [0.15, 0.2) is 5.13 Å². The Labute approximate surface area is 168 Å². The fourth-order valence-corrected chi connectivity index (χ4v) is 8.19. The highest BCUT2D eigenvalue weighted by molar-refractivity contribution is 7.15. The molecule has 3 fully saturated rings. The van der Waals surface area contributed by atoms with E-state index in [9.17, 15) is 15.0 Å². The molecule has 2 saturated carbocycles. The van der Waals surface area contributed by atoms with Crippen LogP contribution in [0.4, 0.5) is 5.13 Å². The van der Waals surface area contributed by atoms with Crippen molar-refractivity contribution >= 4 is 22.3 Å². The minimum Gasteiger partial charge on any atom is -0.493 e. The highest BCUT2D eigenvalue weighted by Crippen LogP contribution is 2.67. The second-order valence-corrected chi connectivity index (χ2v) is 10.9. The van der Waals surface area contributed by atoms with Crippen molar-refractivity contribution < 1.29 is 19.7 Å². The number of hydrogen-bond acceptors (Lipinski definition) is 7. The van der Waals surface area contributed by atoms with Crippen molar-refractivity contribution in [1.29, 1.82) is 0 Å². The molecular weight excluding hydrogens is 376 g/mol. The van der Waals surface area contributed by atoms with Gasteiger partial charge in [0.25, 0.3) is 0 Å². The van der Waals surface area contributed by atoms with E-state index in [4.69, 9.17) is 10.5 Å². The van der Waals surface area contributed by atoms with Crippen molar-refractivity contribution in [2.24, 2.45) is 28.6 Å². The van der Waals surface area contributed by atoms with E-state index in [-0.39, 0.29) is 34.9 Å². The SMILES string of the molecule is C=C1OC2C1CCC1C3c4nc(N)sc4CC(C)(C)C3C(O)C(O)C12C(C)=O. The Hall–Kier alpha value is -1.44. The van der Waals surface area contributed by atoms with Crippen molar-refractivity contribution in [3.63, 3.8) is 0 Å². The largest absolute Gasteiger partial charge is 0.493 e. The average molecular weight is 405 g/mol. The van der Waals surface area contributed by atoms with Crippen LogP contribution >= 0.6 is 11.3 Å². The first-order valence-electron chi connectivity index (χ1n) is 10.1. The number of ether oxygens (including phenoxy) is 1. The van der Waals surface area contributed by atoms with Crippen LogP contribution in [0.5, 0.6) is 0 Å². The van der Waals surface area contributed by atoms with Crippen LogP contribution < -0.4 is 5.73 Å². The number of nitrogen functional groups attached to an aromatic ring is 1. The molecule has 1 aromatic rings.